The first-order valence-electron chi connectivity index (χ1n) is 13.7. The first-order valence-corrected chi connectivity index (χ1v) is 14.6. The van der Waals surface area contributed by atoms with Crippen LogP contribution in [0.4, 0.5) is 11.4 Å². The molecule has 0 aliphatic heterocycles. The lowest BCUT2D eigenvalue weighted by Gasteiger charge is -2.15. The van der Waals surface area contributed by atoms with Crippen LogP contribution in [0.5, 0.6) is 11.5 Å². The van der Waals surface area contributed by atoms with Crippen LogP contribution in [-0.2, 0) is 9.59 Å². The third kappa shape index (κ3) is 8.97. The fraction of sp³-hybridized carbons (Fsp3) is 0.118. The molecule has 0 fully saturated rings. The minimum atomic E-state index is -1.09. The molecule has 0 heterocycles. The van der Waals surface area contributed by atoms with Gasteiger partial charge in [-0.05, 0) is 79.7 Å². The van der Waals surface area contributed by atoms with Crippen LogP contribution in [0.2, 0.25) is 0 Å². The second-order valence-electron chi connectivity index (χ2n) is 9.60. The van der Waals surface area contributed by atoms with Crippen LogP contribution in [0.1, 0.15) is 33.2 Å². The molecule has 4 aromatic rings. The van der Waals surface area contributed by atoms with Gasteiger partial charge in [0.1, 0.15) is 17.2 Å². The number of methoxy groups -OCH3 is 2. The van der Waals surface area contributed by atoms with Crippen molar-refractivity contribution in [2.24, 2.45) is 0 Å². The standard InChI is InChI=1S/C34H31N3O7S/c1-21(31(38)35-25-12-7-11-23(17-25)34(41)42)45-28-14-8-13-26(20-28)36-33(40)29(37-32(39)22-9-5-4-6-10-22)19-24-18-27(43-2)15-16-30(24)44-3/h4-21H,1-3H3,(H,35,38)(H,36,40)(H,37,39)(H,41,42)/b29-19+. The molecule has 0 aliphatic carbocycles. The molecule has 0 saturated heterocycles. The molecule has 0 radical (unpaired) electrons. The molecule has 230 valence electrons. The number of benzene rings is 4. The Morgan fingerprint density at radius 1 is 0.778 bits per heavy atom. The number of carboxylic acid groups (broad SMARTS) is 1. The summed E-state index contributed by atoms with van der Waals surface area (Å²) in [5, 5.41) is 16.9. The minimum absolute atomic E-state index is 0.0372. The molecule has 0 aliphatic rings. The Labute approximate surface area is 264 Å². The fourth-order valence-electron chi connectivity index (χ4n) is 4.13. The first kappa shape index (κ1) is 32.4. The second-order valence-corrected chi connectivity index (χ2v) is 11.0. The van der Waals surface area contributed by atoms with Gasteiger partial charge in [0.05, 0.1) is 25.0 Å². The molecule has 10 nitrogen and oxygen atoms in total. The largest absolute Gasteiger partial charge is 0.497 e. The molecular formula is C34H31N3O7S. The summed E-state index contributed by atoms with van der Waals surface area (Å²) in [5.74, 6) is -1.47. The Balaban J connectivity index is 1.53. The molecular weight excluding hydrogens is 594 g/mol. The van der Waals surface area contributed by atoms with E-state index in [-0.39, 0.29) is 17.2 Å². The number of amides is 3. The van der Waals surface area contributed by atoms with Crippen molar-refractivity contribution in [1.29, 1.82) is 0 Å². The SMILES string of the molecule is COc1ccc(OC)c(/C=C(/NC(=O)c2ccccc2)C(=O)Nc2cccc(SC(C)C(=O)Nc3cccc(C(=O)O)c3)c2)c1. The van der Waals surface area contributed by atoms with E-state index >= 15 is 0 Å². The van der Waals surface area contributed by atoms with Crippen molar-refractivity contribution in [3.8, 4) is 11.5 Å². The van der Waals surface area contributed by atoms with Gasteiger partial charge >= 0.3 is 5.97 Å². The Kier molecular flexibility index (Phi) is 11.0. The molecule has 11 heteroatoms. The highest BCUT2D eigenvalue weighted by atomic mass is 32.2. The topological polar surface area (TPSA) is 143 Å². The molecule has 4 aromatic carbocycles. The summed E-state index contributed by atoms with van der Waals surface area (Å²) in [5.41, 5.74) is 1.71. The number of carboxylic acids is 1. The normalized spacial score (nSPS) is 11.6. The molecule has 3 amide bonds. The predicted molar refractivity (Wildman–Crippen MR) is 174 cm³/mol. The number of hydrogen-bond acceptors (Lipinski definition) is 7. The maximum atomic E-state index is 13.6. The smallest absolute Gasteiger partial charge is 0.335 e. The maximum Gasteiger partial charge on any atom is 0.335 e. The zero-order valence-corrected chi connectivity index (χ0v) is 25.5. The molecule has 1 atom stereocenters. The van der Waals surface area contributed by atoms with Crippen molar-refractivity contribution in [2.45, 2.75) is 17.1 Å². The number of anilines is 2. The molecule has 4 rings (SSSR count). The summed E-state index contributed by atoms with van der Waals surface area (Å²) >= 11 is 1.26. The monoisotopic (exact) mass is 625 g/mol. The highest BCUT2D eigenvalue weighted by Gasteiger charge is 2.19. The van der Waals surface area contributed by atoms with Crippen molar-refractivity contribution in [1.82, 2.24) is 5.32 Å². The van der Waals surface area contributed by atoms with Gasteiger partial charge in [-0.1, -0.05) is 30.3 Å². The molecule has 45 heavy (non-hydrogen) atoms. The van der Waals surface area contributed by atoms with Crippen LogP contribution in [0, 0.1) is 0 Å². The van der Waals surface area contributed by atoms with Crippen LogP contribution >= 0.6 is 11.8 Å². The lowest BCUT2D eigenvalue weighted by atomic mass is 10.1. The Morgan fingerprint density at radius 3 is 2.16 bits per heavy atom. The van der Waals surface area contributed by atoms with Crippen molar-refractivity contribution in [3.63, 3.8) is 0 Å². The molecule has 1 unspecified atom stereocenters. The Hall–Kier alpha value is -5.55. The zero-order chi connectivity index (χ0) is 32.3. The first-order chi connectivity index (χ1) is 21.7. The van der Waals surface area contributed by atoms with Gasteiger partial charge in [0.2, 0.25) is 5.91 Å². The van der Waals surface area contributed by atoms with Crippen LogP contribution in [0.25, 0.3) is 6.08 Å². The third-order valence-electron chi connectivity index (χ3n) is 6.42. The van der Waals surface area contributed by atoms with E-state index in [9.17, 15) is 24.3 Å². The zero-order valence-electron chi connectivity index (χ0n) is 24.7. The summed E-state index contributed by atoms with van der Waals surface area (Å²) in [4.78, 5) is 51.4. The highest BCUT2D eigenvalue weighted by Crippen LogP contribution is 2.28. The summed E-state index contributed by atoms with van der Waals surface area (Å²) in [6, 6.07) is 26.5. The van der Waals surface area contributed by atoms with Gasteiger partial charge in [0.15, 0.2) is 0 Å². The number of aromatic carboxylic acids is 1. The van der Waals surface area contributed by atoms with E-state index in [1.807, 2.05) is 0 Å². The van der Waals surface area contributed by atoms with Crippen molar-refractivity contribution < 1.29 is 33.8 Å². The van der Waals surface area contributed by atoms with Crippen molar-refractivity contribution >= 4 is 52.9 Å². The van der Waals surface area contributed by atoms with Gasteiger partial charge in [0, 0.05) is 27.4 Å². The van der Waals surface area contributed by atoms with Gasteiger partial charge < -0.3 is 30.5 Å². The number of carbonyl (C=O) groups is 4. The van der Waals surface area contributed by atoms with Crippen LogP contribution in [-0.4, -0.2) is 48.3 Å². The Morgan fingerprint density at radius 2 is 1.47 bits per heavy atom. The minimum Gasteiger partial charge on any atom is -0.497 e. The predicted octanol–water partition coefficient (Wildman–Crippen LogP) is 5.93. The average Bonchev–Trinajstić information content (AvgIpc) is 3.04. The van der Waals surface area contributed by atoms with Gasteiger partial charge in [0.25, 0.3) is 11.8 Å². The van der Waals surface area contributed by atoms with E-state index < -0.39 is 23.0 Å². The lowest BCUT2D eigenvalue weighted by molar-refractivity contribution is -0.115. The summed E-state index contributed by atoms with van der Waals surface area (Å²) in [6.45, 7) is 1.72. The van der Waals surface area contributed by atoms with Crippen molar-refractivity contribution in [2.75, 3.05) is 24.9 Å². The molecule has 4 N–H and O–H groups in total. The number of thioether (sulfide) groups is 1. The van der Waals surface area contributed by atoms with Crippen LogP contribution in [0.15, 0.2) is 108 Å². The van der Waals surface area contributed by atoms with E-state index in [4.69, 9.17) is 9.47 Å². The average molecular weight is 626 g/mol. The lowest BCUT2D eigenvalue weighted by Crippen LogP contribution is -2.30. The van der Waals surface area contributed by atoms with Gasteiger partial charge in [-0.2, -0.15) is 0 Å². The maximum absolute atomic E-state index is 13.6. The molecule has 0 saturated carbocycles. The molecule has 0 spiro atoms. The number of nitrogens with one attached hydrogen (secondary N) is 3. The van der Waals surface area contributed by atoms with Gasteiger partial charge in [-0.3, -0.25) is 14.4 Å². The summed E-state index contributed by atoms with van der Waals surface area (Å²) in [6.07, 6.45) is 1.50. The summed E-state index contributed by atoms with van der Waals surface area (Å²) < 4.78 is 10.8. The van der Waals surface area contributed by atoms with E-state index in [1.165, 1.54) is 44.2 Å². The Bertz CT molecular complexity index is 1740. The van der Waals surface area contributed by atoms with Gasteiger partial charge in [-0.15, -0.1) is 11.8 Å². The van der Waals surface area contributed by atoms with E-state index in [2.05, 4.69) is 16.0 Å². The molecule has 0 aromatic heterocycles. The number of carbonyl (C=O) groups excluding carboxylic acids is 3. The quantitative estimate of drug-likeness (QED) is 0.112. The molecule has 0 bridgehead atoms. The number of rotatable bonds is 12. The number of hydrogen-bond donors (Lipinski definition) is 4. The summed E-state index contributed by atoms with van der Waals surface area (Å²) in [7, 11) is 3.02. The highest BCUT2D eigenvalue weighted by molar-refractivity contribution is 8.00. The fourth-order valence-corrected chi connectivity index (χ4v) is 5.05. The van der Waals surface area contributed by atoms with Gasteiger partial charge in [-0.25, -0.2) is 4.79 Å². The van der Waals surface area contributed by atoms with Crippen molar-refractivity contribution in [3.05, 3.63) is 119 Å². The van der Waals surface area contributed by atoms with E-state index in [0.29, 0.717) is 38.9 Å². The van der Waals surface area contributed by atoms with E-state index in [1.54, 1.807) is 91.9 Å². The third-order valence-corrected chi connectivity index (χ3v) is 7.51. The second kappa shape index (κ2) is 15.3. The van der Waals surface area contributed by atoms with Crippen LogP contribution in [0.3, 0.4) is 0 Å². The van der Waals surface area contributed by atoms with Crippen LogP contribution < -0.4 is 25.4 Å². The number of ether oxygens (including phenoxy) is 2. The van der Waals surface area contributed by atoms with E-state index in [0.717, 1.165) is 0 Å².